The molecule has 1 fully saturated rings. The molecule has 1 aliphatic rings. The van der Waals surface area contributed by atoms with Crippen LogP contribution < -0.4 is 5.32 Å². The number of likely N-dealkylation sites (tertiary alicyclic amines) is 1. The Morgan fingerprint density at radius 2 is 2.31 bits per heavy atom. The van der Waals surface area contributed by atoms with E-state index in [2.05, 4.69) is 27.3 Å². The summed E-state index contributed by atoms with van der Waals surface area (Å²) < 4.78 is 0.742. The number of nitrogens with one attached hydrogen (secondary N) is 2. The average Bonchev–Trinajstić information content (AvgIpc) is 2.67. The summed E-state index contributed by atoms with van der Waals surface area (Å²) in [4.78, 5) is 2.53. The van der Waals surface area contributed by atoms with Crippen molar-refractivity contribution >= 4 is 28.7 Å². The van der Waals surface area contributed by atoms with Crippen molar-refractivity contribution in [3.8, 4) is 0 Å². The third-order valence-electron chi connectivity index (χ3n) is 2.89. The first kappa shape index (κ1) is 12.0. The van der Waals surface area contributed by atoms with Crippen LogP contribution in [-0.4, -0.2) is 40.8 Å². The van der Waals surface area contributed by atoms with Gasteiger partial charge in [0.1, 0.15) is 0 Å². The van der Waals surface area contributed by atoms with Crippen molar-refractivity contribution < 1.29 is 0 Å². The summed E-state index contributed by atoms with van der Waals surface area (Å²) in [5.74, 6) is 0. The Balaban J connectivity index is 1.79. The summed E-state index contributed by atoms with van der Waals surface area (Å²) in [5, 5.41) is 11.3. The van der Waals surface area contributed by atoms with Gasteiger partial charge in [-0.05, 0) is 38.0 Å². The Bertz CT molecular complexity index is 365. The Kier molecular flexibility index (Phi) is 4.31. The molecule has 0 amide bonds. The molecule has 0 radical (unpaired) electrons. The summed E-state index contributed by atoms with van der Waals surface area (Å²) in [6, 6.07) is 0.557. The van der Waals surface area contributed by atoms with Gasteiger partial charge in [-0.2, -0.15) is 0 Å². The van der Waals surface area contributed by atoms with Crippen LogP contribution >= 0.6 is 23.6 Å². The van der Waals surface area contributed by atoms with Crippen LogP contribution in [0.3, 0.4) is 0 Å². The van der Waals surface area contributed by atoms with Crippen LogP contribution in [0.5, 0.6) is 0 Å². The van der Waals surface area contributed by atoms with Gasteiger partial charge in [0, 0.05) is 19.1 Å². The minimum Gasteiger partial charge on any atom is -0.357 e. The molecule has 1 aromatic rings. The molecule has 0 saturated carbocycles. The number of aromatic nitrogens is 2. The average molecular weight is 258 g/mol. The molecule has 0 spiro atoms. The normalized spacial score (nSPS) is 18.8. The van der Waals surface area contributed by atoms with E-state index in [4.69, 9.17) is 12.2 Å². The number of rotatable bonds is 4. The van der Waals surface area contributed by atoms with Crippen LogP contribution in [-0.2, 0) is 0 Å². The summed E-state index contributed by atoms with van der Waals surface area (Å²) in [6.45, 7) is 5.86. The third kappa shape index (κ3) is 3.26. The molecule has 2 rings (SSSR count). The molecule has 90 valence electrons. The van der Waals surface area contributed by atoms with E-state index in [0.29, 0.717) is 6.04 Å². The van der Waals surface area contributed by atoms with E-state index >= 15 is 0 Å². The van der Waals surface area contributed by atoms with Crippen LogP contribution in [0.4, 0.5) is 5.13 Å². The fourth-order valence-electron chi connectivity index (χ4n) is 2.08. The summed E-state index contributed by atoms with van der Waals surface area (Å²) in [6.07, 6.45) is 3.65. The largest absolute Gasteiger partial charge is 0.357 e. The number of hydrogen-bond donors (Lipinski definition) is 2. The molecular formula is C10H18N4S2. The van der Waals surface area contributed by atoms with E-state index < -0.39 is 0 Å². The first-order valence-corrected chi connectivity index (χ1v) is 7.05. The van der Waals surface area contributed by atoms with E-state index in [-0.39, 0.29) is 0 Å². The highest BCUT2D eigenvalue weighted by molar-refractivity contribution is 7.73. The summed E-state index contributed by atoms with van der Waals surface area (Å²) in [7, 11) is 0. The van der Waals surface area contributed by atoms with Crippen molar-refractivity contribution in [2.24, 2.45) is 0 Å². The maximum atomic E-state index is 5.01. The molecule has 2 heterocycles. The van der Waals surface area contributed by atoms with Gasteiger partial charge in [0.2, 0.25) is 5.13 Å². The minimum absolute atomic E-state index is 0.557. The van der Waals surface area contributed by atoms with Gasteiger partial charge in [-0.25, -0.2) is 0 Å². The van der Waals surface area contributed by atoms with E-state index in [9.17, 15) is 0 Å². The number of H-pyrrole nitrogens is 1. The number of nitrogens with zero attached hydrogens (tertiary/aromatic N) is 2. The molecule has 1 aliphatic heterocycles. The van der Waals surface area contributed by atoms with Crippen molar-refractivity contribution in [3.63, 3.8) is 0 Å². The van der Waals surface area contributed by atoms with Gasteiger partial charge in [0.05, 0.1) is 0 Å². The predicted molar refractivity (Wildman–Crippen MR) is 70.7 cm³/mol. The summed E-state index contributed by atoms with van der Waals surface area (Å²) >= 11 is 6.52. The Hall–Kier alpha value is -0.460. The van der Waals surface area contributed by atoms with E-state index in [1.807, 2.05) is 0 Å². The van der Waals surface area contributed by atoms with Crippen molar-refractivity contribution in [2.45, 2.75) is 32.2 Å². The van der Waals surface area contributed by atoms with E-state index in [0.717, 1.165) is 9.09 Å². The lowest BCUT2D eigenvalue weighted by Crippen LogP contribution is -2.39. The maximum absolute atomic E-state index is 5.01. The third-order valence-corrected chi connectivity index (χ3v) is 3.91. The van der Waals surface area contributed by atoms with Crippen LogP contribution in [0.25, 0.3) is 0 Å². The Labute approximate surface area is 105 Å². The fraction of sp³-hybridized carbons (Fsp3) is 0.800. The Morgan fingerprint density at radius 3 is 2.88 bits per heavy atom. The van der Waals surface area contributed by atoms with Crippen molar-refractivity contribution in [1.82, 2.24) is 15.1 Å². The zero-order chi connectivity index (χ0) is 11.4. The van der Waals surface area contributed by atoms with E-state index in [1.54, 1.807) is 0 Å². The van der Waals surface area contributed by atoms with Gasteiger partial charge < -0.3 is 10.2 Å². The lowest BCUT2D eigenvalue weighted by atomic mass is 10.1. The van der Waals surface area contributed by atoms with Crippen molar-refractivity contribution in [2.75, 3.05) is 25.0 Å². The molecule has 6 heteroatoms. The first-order valence-electron chi connectivity index (χ1n) is 5.82. The molecule has 16 heavy (non-hydrogen) atoms. The van der Waals surface area contributed by atoms with Gasteiger partial charge in [0.15, 0.2) is 3.95 Å². The van der Waals surface area contributed by atoms with Gasteiger partial charge >= 0.3 is 0 Å². The van der Waals surface area contributed by atoms with Crippen LogP contribution in [0.1, 0.15) is 26.2 Å². The first-order chi connectivity index (χ1) is 7.78. The molecule has 4 nitrogen and oxygen atoms in total. The monoisotopic (exact) mass is 258 g/mol. The smallest absolute Gasteiger partial charge is 0.204 e. The molecular weight excluding hydrogens is 240 g/mol. The Morgan fingerprint density at radius 1 is 1.56 bits per heavy atom. The second-order valence-corrected chi connectivity index (χ2v) is 5.84. The fourth-order valence-corrected chi connectivity index (χ4v) is 2.95. The molecule has 1 aromatic heterocycles. The minimum atomic E-state index is 0.557. The van der Waals surface area contributed by atoms with Crippen molar-refractivity contribution in [3.05, 3.63) is 3.95 Å². The zero-order valence-corrected chi connectivity index (χ0v) is 11.2. The molecule has 0 aromatic carbocycles. The zero-order valence-electron chi connectivity index (χ0n) is 9.53. The lowest BCUT2D eigenvalue weighted by Gasteiger charge is -2.31. The van der Waals surface area contributed by atoms with Gasteiger partial charge in [-0.15, -0.1) is 5.10 Å². The van der Waals surface area contributed by atoms with E-state index in [1.165, 1.54) is 50.2 Å². The number of piperidine rings is 1. The van der Waals surface area contributed by atoms with Crippen molar-refractivity contribution in [1.29, 1.82) is 0 Å². The number of aromatic amines is 1. The van der Waals surface area contributed by atoms with Crippen LogP contribution in [0.15, 0.2) is 0 Å². The SMILES string of the molecule is CCCN1CCC(Nc2n[nH]c(=S)s2)CC1. The number of anilines is 1. The standard InChI is InChI=1S/C10H18N4S2/c1-2-5-14-6-3-8(4-7-14)11-9-12-13-10(15)16-9/h8H,2-7H2,1H3,(H,11,12)(H,13,15). The predicted octanol–water partition coefficient (Wildman–Crippen LogP) is 2.49. The van der Waals surface area contributed by atoms with Gasteiger partial charge in [-0.1, -0.05) is 18.3 Å². The highest BCUT2D eigenvalue weighted by atomic mass is 32.1. The second kappa shape index (κ2) is 5.75. The molecule has 0 bridgehead atoms. The van der Waals surface area contributed by atoms with Crippen LogP contribution in [0.2, 0.25) is 0 Å². The highest BCUT2D eigenvalue weighted by Crippen LogP contribution is 2.18. The second-order valence-electron chi connectivity index (χ2n) is 4.18. The topological polar surface area (TPSA) is 44.0 Å². The number of hydrogen-bond acceptors (Lipinski definition) is 5. The highest BCUT2D eigenvalue weighted by Gasteiger charge is 2.18. The maximum Gasteiger partial charge on any atom is 0.204 e. The molecule has 0 atom stereocenters. The van der Waals surface area contributed by atoms with Gasteiger partial charge in [-0.3, -0.25) is 5.10 Å². The molecule has 2 N–H and O–H groups in total. The molecule has 0 aliphatic carbocycles. The lowest BCUT2D eigenvalue weighted by molar-refractivity contribution is 0.219. The van der Waals surface area contributed by atoms with Crippen LogP contribution in [0, 0.1) is 3.95 Å². The molecule has 0 unspecified atom stereocenters. The summed E-state index contributed by atoms with van der Waals surface area (Å²) in [5.41, 5.74) is 0. The quantitative estimate of drug-likeness (QED) is 0.814. The molecule has 1 saturated heterocycles. The van der Waals surface area contributed by atoms with Gasteiger partial charge in [0.25, 0.3) is 0 Å².